The van der Waals surface area contributed by atoms with Gasteiger partial charge in [0.1, 0.15) is 5.78 Å². The molecule has 5 rings (SSSR count). The summed E-state index contributed by atoms with van der Waals surface area (Å²) in [4.78, 5) is 56.5. The van der Waals surface area contributed by atoms with Crippen molar-refractivity contribution in [2.45, 2.75) is 127 Å². The van der Waals surface area contributed by atoms with E-state index in [1.54, 1.807) is 0 Å². The van der Waals surface area contributed by atoms with Gasteiger partial charge in [0.25, 0.3) is 0 Å². The van der Waals surface area contributed by atoms with Crippen LogP contribution in [0.25, 0.3) is 0 Å². The highest BCUT2D eigenvalue weighted by atomic mass is 16.6. The van der Waals surface area contributed by atoms with E-state index in [0.29, 0.717) is 0 Å². The number of ether oxygens (including phenoxy) is 1. The molecule has 3 saturated heterocycles. The van der Waals surface area contributed by atoms with Crippen LogP contribution in [-0.2, 0) is 23.9 Å². The average molecular weight is 445 g/mol. The van der Waals surface area contributed by atoms with E-state index in [-0.39, 0.29) is 42.5 Å². The molecular weight excluding hydrogens is 408 g/mol. The van der Waals surface area contributed by atoms with E-state index in [0.717, 1.165) is 77.0 Å². The van der Waals surface area contributed by atoms with E-state index in [2.05, 4.69) is 0 Å². The maximum absolute atomic E-state index is 14.1. The van der Waals surface area contributed by atoms with Crippen molar-refractivity contribution in [3.05, 3.63) is 0 Å². The van der Waals surface area contributed by atoms with Gasteiger partial charge >= 0.3 is 5.97 Å². The lowest BCUT2D eigenvalue weighted by Gasteiger charge is -2.38. The van der Waals surface area contributed by atoms with Gasteiger partial charge in [0.05, 0.1) is 18.4 Å². The minimum Gasteiger partial charge on any atom is -0.453 e. The molecule has 2 saturated carbocycles. The molecule has 4 atom stereocenters. The Bertz CT molecular complexity index is 796. The van der Waals surface area contributed by atoms with Crippen LogP contribution in [-0.4, -0.2) is 63.1 Å². The first kappa shape index (κ1) is 21.9. The molecule has 0 aromatic carbocycles. The van der Waals surface area contributed by atoms with E-state index in [1.807, 2.05) is 9.80 Å². The van der Waals surface area contributed by atoms with Crippen molar-refractivity contribution >= 4 is 23.6 Å². The summed E-state index contributed by atoms with van der Waals surface area (Å²) in [6.45, 7) is 1.53. The van der Waals surface area contributed by atoms with Crippen molar-refractivity contribution in [1.29, 1.82) is 0 Å². The van der Waals surface area contributed by atoms with Crippen molar-refractivity contribution in [2.75, 3.05) is 0 Å². The van der Waals surface area contributed by atoms with Crippen LogP contribution in [0.5, 0.6) is 0 Å². The third-order valence-corrected chi connectivity index (χ3v) is 8.73. The van der Waals surface area contributed by atoms with Gasteiger partial charge in [-0.3, -0.25) is 19.2 Å². The Kier molecular flexibility index (Phi) is 5.79. The van der Waals surface area contributed by atoms with Crippen LogP contribution in [0.4, 0.5) is 0 Å². The molecule has 0 N–H and O–H groups in total. The van der Waals surface area contributed by atoms with Crippen molar-refractivity contribution in [3.63, 3.8) is 0 Å². The zero-order valence-electron chi connectivity index (χ0n) is 19.2. The van der Waals surface area contributed by atoms with Crippen LogP contribution in [0.15, 0.2) is 0 Å². The molecule has 5 fully saturated rings. The summed E-state index contributed by atoms with van der Waals surface area (Å²) in [5, 5.41) is 0. The number of rotatable bonds is 4. The quantitative estimate of drug-likeness (QED) is 0.491. The number of nitrogens with zero attached hydrogens (tertiary/aromatic N) is 2. The van der Waals surface area contributed by atoms with E-state index >= 15 is 0 Å². The summed E-state index contributed by atoms with van der Waals surface area (Å²) in [7, 11) is 0. The smallest absolute Gasteiger partial charge is 0.307 e. The van der Waals surface area contributed by atoms with Gasteiger partial charge in [-0.15, -0.1) is 0 Å². The third-order valence-electron chi connectivity index (χ3n) is 8.73. The van der Waals surface area contributed by atoms with Gasteiger partial charge in [0, 0.05) is 18.5 Å². The topological polar surface area (TPSA) is 84.0 Å². The van der Waals surface area contributed by atoms with Crippen molar-refractivity contribution in [3.8, 4) is 0 Å². The van der Waals surface area contributed by atoms with Crippen LogP contribution in [0.3, 0.4) is 0 Å². The zero-order chi connectivity index (χ0) is 22.5. The molecule has 0 bridgehead atoms. The van der Waals surface area contributed by atoms with Gasteiger partial charge in [-0.2, -0.15) is 0 Å². The molecule has 0 aromatic heterocycles. The predicted octanol–water partition coefficient (Wildman–Crippen LogP) is 3.13. The first-order valence-electron chi connectivity index (χ1n) is 12.8. The van der Waals surface area contributed by atoms with Crippen molar-refractivity contribution in [1.82, 2.24) is 9.80 Å². The Labute approximate surface area is 190 Å². The summed E-state index contributed by atoms with van der Waals surface area (Å²) in [5.74, 6) is -1.27. The van der Waals surface area contributed by atoms with E-state index in [9.17, 15) is 19.2 Å². The summed E-state index contributed by atoms with van der Waals surface area (Å²) < 4.78 is 6.04. The lowest BCUT2D eigenvalue weighted by Crippen LogP contribution is -2.54. The average Bonchev–Trinajstić information content (AvgIpc) is 3.06. The molecule has 5 aliphatic rings. The van der Waals surface area contributed by atoms with Gasteiger partial charge < -0.3 is 14.5 Å². The molecule has 3 heterocycles. The highest BCUT2D eigenvalue weighted by Crippen LogP contribution is 2.56. The molecule has 7 heteroatoms. The highest BCUT2D eigenvalue weighted by molar-refractivity contribution is 6.02. The third kappa shape index (κ3) is 3.29. The zero-order valence-corrected chi connectivity index (χ0v) is 19.2. The Hall–Kier alpha value is -1.92. The SMILES string of the molecule is CC(=O)C[C@@H]1N(C2CCCCCC2)C(=O)[C@@H]2N(C3CCCCCC3)C(=O)[C@@H]3CC(=O)O[C@]123. The van der Waals surface area contributed by atoms with Gasteiger partial charge in [-0.05, 0) is 32.6 Å². The van der Waals surface area contributed by atoms with Crippen LogP contribution in [0.1, 0.15) is 96.8 Å². The number of carbonyl (C=O) groups excluding carboxylic acids is 4. The van der Waals surface area contributed by atoms with E-state index in [1.165, 1.54) is 6.92 Å². The van der Waals surface area contributed by atoms with Crippen LogP contribution in [0, 0.1) is 5.92 Å². The van der Waals surface area contributed by atoms with Crippen LogP contribution in [0.2, 0.25) is 0 Å². The molecule has 0 unspecified atom stereocenters. The predicted molar refractivity (Wildman–Crippen MR) is 116 cm³/mol. The summed E-state index contributed by atoms with van der Waals surface area (Å²) in [5.41, 5.74) is -1.20. The number of likely N-dealkylation sites (tertiary alicyclic amines) is 2. The fourth-order valence-electron chi connectivity index (χ4n) is 7.42. The molecule has 2 aliphatic carbocycles. The minimum absolute atomic E-state index is 0.0205. The molecule has 32 heavy (non-hydrogen) atoms. The van der Waals surface area contributed by atoms with Gasteiger partial charge in [-0.25, -0.2) is 0 Å². The molecule has 0 aromatic rings. The molecule has 3 aliphatic heterocycles. The molecule has 1 spiro atoms. The first-order valence-corrected chi connectivity index (χ1v) is 12.8. The monoisotopic (exact) mass is 444 g/mol. The van der Waals surface area contributed by atoms with Crippen LogP contribution >= 0.6 is 0 Å². The number of Topliss-reactive ketones (excluding diaryl/α,β-unsaturated/α-hetero) is 1. The Morgan fingerprint density at radius 1 is 0.844 bits per heavy atom. The molecule has 2 amide bonds. The second kappa shape index (κ2) is 8.45. The number of hydrogen-bond donors (Lipinski definition) is 0. The summed E-state index contributed by atoms with van der Waals surface area (Å²) >= 11 is 0. The maximum Gasteiger partial charge on any atom is 0.307 e. The summed E-state index contributed by atoms with van der Waals surface area (Å²) in [6.07, 6.45) is 12.7. The maximum atomic E-state index is 14.1. The standard InChI is InChI=1S/C25H36N2O5/c1-16(28)14-20-25-19(15-21(29)32-25)23(30)27(18-12-8-4-5-9-13-18)22(25)24(31)26(20)17-10-6-2-3-7-11-17/h17-20,22H,2-15H2,1H3/t19-,20-,22-,25+/m0/s1. The lowest BCUT2D eigenvalue weighted by atomic mass is 9.79. The Balaban J connectivity index is 1.58. The molecule has 0 radical (unpaired) electrons. The van der Waals surface area contributed by atoms with Gasteiger partial charge in [0.2, 0.25) is 11.8 Å². The number of ketones is 1. The number of esters is 1. The first-order chi connectivity index (χ1) is 15.4. The largest absolute Gasteiger partial charge is 0.453 e. The number of carbonyl (C=O) groups is 4. The normalized spacial score (nSPS) is 36.7. The van der Waals surface area contributed by atoms with E-state index < -0.39 is 29.6 Å². The Morgan fingerprint density at radius 3 is 1.91 bits per heavy atom. The molecular formula is C25H36N2O5. The highest BCUT2D eigenvalue weighted by Gasteiger charge is 2.77. The second-order valence-electron chi connectivity index (χ2n) is 10.7. The van der Waals surface area contributed by atoms with Gasteiger partial charge in [-0.1, -0.05) is 51.4 Å². The second-order valence-corrected chi connectivity index (χ2v) is 10.7. The molecule has 7 nitrogen and oxygen atoms in total. The molecule has 176 valence electrons. The fraction of sp³-hybridized carbons (Fsp3) is 0.840. The summed E-state index contributed by atoms with van der Waals surface area (Å²) in [6, 6.07) is -1.22. The lowest BCUT2D eigenvalue weighted by molar-refractivity contribution is -0.155. The minimum atomic E-state index is -1.20. The van der Waals surface area contributed by atoms with E-state index in [4.69, 9.17) is 4.74 Å². The van der Waals surface area contributed by atoms with Crippen molar-refractivity contribution in [2.24, 2.45) is 5.92 Å². The van der Waals surface area contributed by atoms with Crippen LogP contribution < -0.4 is 0 Å². The number of hydrogen-bond acceptors (Lipinski definition) is 5. The Morgan fingerprint density at radius 2 is 1.38 bits per heavy atom. The number of amides is 2. The van der Waals surface area contributed by atoms with Crippen molar-refractivity contribution < 1.29 is 23.9 Å². The fourth-order valence-corrected chi connectivity index (χ4v) is 7.42. The van der Waals surface area contributed by atoms with Gasteiger partial charge in [0.15, 0.2) is 11.6 Å².